The predicted octanol–water partition coefficient (Wildman–Crippen LogP) is 18.1. The molecule has 0 atom stereocenters. The highest BCUT2D eigenvalue weighted by Gasteiger charge is 2.41. The van der Waals surface area contributed by atoms with Crippen molar-refractivity contribution in [2.75, 3.05) is 0 Å². The molecule has 12 aromatic rings. The fourth-order valence-corrected chi connectivity index (χ4v) is 10.5. The maximum atomic E-state index is 17.0. The topological polar surface area (TPSA) is 48.5 Å². The number of benzene rings is 9. The molecule has 0 aliphatic carbocycles. The summed E-state index contributed by atoms with van der Waals surface area (Å²) in [6.45, 7) is 3.95. The summed E-state index contributed by atoms with van der Waals surface area (Å²) in [5.74, 6) is 0.489. The van der Waals surface area contributed by atoms with Gasteiger partial charge in [0, 0.05) is 38.2 Å². The van der Waals surface area contributed by atoms with Crippen LogP contribution < -0.4 is 0 Å². The Balaban J connectivity index is 1.23. The second-order valence-electron chi connectivity index (χ2n) is 18.7. The summed E-state index contributed by atoms with van der Waals surface area (Å²) in [7, 11) is 0. The monoisotopic (exact) mass is 1020 g/mol. The molecule has 12 rings (SSSR count). The third-order valence-corrected chi connectivity index (χ3v) is 13.8. The number of alkyl halides is 9. The first-order valence-electron chi connectivity index (χ1n) is 24.0. The lowest BCUT2D eigenvalue weighted by molar-refractivity contribution is -0.143. The van der Waals surface area contributed by atoms with Crippen molar-refractivity contribution in [2.45, 2.75) is 32.4 Å². The third kappa shape index (κ3) is 8.30. The van der Waals surface area contributed by atoms with Crippen molar-refractivity contribution < 1.29 is 39.5 Å². The van der Waals surface area contributed by atoms with Gasteiger partial charge in [-0.15, -0.1) is 0 Å². The normalized spacial score (nSPS) is 12.4. The number of nitrogens with zero attached hydrogens (tertiary/aromatic N) is 5. The van der Waals surface area contributed by atoms with Crippen LogP contribution in [0, 0.1) is 13.8 Å². The van der Waals surface area contributed by atoms with E-state index in [9.17, 15) is 26.3 Å². The average Bonchev–Trinajstić information content (AvgIpc) is 3.97. The minimum absolute atomic E-state index is 0.0155. The predicted molar refractivity (Wildman–Crippen MR) is 280 cm³/mol. The average molecular weight is 1020 g/mol. The highest BCUT2D eigenvalue weighted by atomic mass is 19.4. The Kier molecular flexibility index (Phi) is 11.2. The number of rotatable bonds is 7. The molecule has 0 spiro atoms. The van der Waals surface area contributed by atoms with Crippen molar-refractivity contribution in [3.63, 3.8) is 0 Å². The highest BCUT2D eigenvalue weighted by Crippen LogP contribution is 2.48. The van der Waals surface area contributed by atoms with Crippen LogP contribution in [0.1, 0.15) is 27.8 Å². The molecule has 76 heavy (non-hydrogen) atoms. The number of aromatic nitrogens is 5. The van der Waals surface area contributed by atoms with Gasteiger partial charge in [0.2, 0.25) is 0 Å². The summed E-state index contributed by atoms with van der Waals surface area (Å²) in [4.78, 5) is 14.8. The number of hydrogen-bond acceptors (Lipinski definition) is 3. The number of aryl methyl sites for hydroxylation is 2. The number of halogens is 9. The Morgan fingerprint density at radius 1 is 0.342 bits per heavy atom. The van der Waals surface area contributed by atoms with E-state index in [4.69, 9.17) is 15.0 Å². The van der Waals surface area contributed by atoms with Crippen molar-refractivity contribution in [3.8, 4) is 67.8 Å². The molecule has 0 saturated carbocycles. The summed E-state index contributed by atoms with van der Waals surface area (Å²) >= 11 is 0. The first-order chi connectivity index (χ1) is 36.4. The molecule has 0 radical (unpaired) electrons. The maximum absolute atomic E-state index is 17.0. The van der Waals surface area contributed by atoms with Crippen molar-refractivity contribution >= 4 is 43.6 Å². The molecule has 0 amide bonds. The van der Waals surface area contributed by atoms with Gasteiger partial charge in [0.1, 0.15) is 5.56 Å². The molecule has 9 aromatic carbocycles. The van der Waals surface area contributed by atoms with Crippen LogP contribution in [0.5, 0.6) is 0 Å². The molecule has 0 N–H and O–H groups in total. The zero-order valence-corrected chi connectivity index (χ0v) is 40.1. The van der Waals surface area contributed by atoms with E-state index in [1.807, 2.05) is 98.8 Å². The fourth-order valence-electron chi connectivity index (χ4n) is 10.5. The maximum Gasteiger partial charge on any atom is 0.420 e. The van der Waals surface area contributed by atoms with Gasteiger partial charge in [-0.3, -0.25) is 0 Å². The van der Waals surface area contributed by atoms with Crippen molar-refractivity contribution in [1.82, 2.24) is 24.1 Å². The van der Waals surface area contributed by atoms with E-state index in [1.54, 1.807) is 65.2 Å². The lowest BCUT2D eigenvalue weighted by Crippen LogP contribution is -2.16. The van der Waals surface area contributed by atoms with Crippen LogP contribution in [0.25, 0.3) is 111 Å². The van der Waals surface area contributed by atoms with Gasteiger partial charge in [-0.1, -0.05) is 151 Å². The number of para-hydroxylation sites is 2. The van der Waals surface area contributed by atoms with E-state index >= 15 is 13.2 Å². The lowest BCUT2D eigenvalue weighted by atomic mass is 9.96. The van der Waals surface area contributed by atoms with E-state index in [-0.39, 0.29) is 51.4 Å². The Bertz CT molecular complexity index is 4210. The first-order valence-corrected chi connectivity index (χ1v) is 24.0. The molecule has 0 unspecified atom stereocenters. The molecule has 3 heterocycles. The van der Waals surface area contributed by atoms with Crippen molar-refractivity contribution in [1.29, 1.82) is 0 Å². The Hall–Kier alpha value is -9.04. The minimum atomic E-state index is -5.24. The van der Waals surface area contributed by atoms with Gasteiger partial charge >= 0.3 is 18.5 Å². The smallest absolute Gasteiger partial charge is 0.309 e. The molecular weight excluding hydrogens is 986 g/mol. The van der Waals surface area contributed by atoms with Gasteiger partial charge in [0.05, 0.1) is 44.6 Å². The van der Waals surface area contributed by atoms with Gasteiger partial charge in [-0.2, -0.15) is 39.5 Å². The van der Waals surface area contributed by atoms with Gasteiger partial charge < -0.3 is 9.13 Å². The molecule has 14 heteroatoms. The van der Waals surface area contributed by atoms with E-state index in [0.29, 0.717) is 49.8 Å². The largest absolute Gasteiger partial charge is 0.420 e. The molecule has 3 aromatic heterocycles. The van der Waals surface area contributed by atoms with Gasteiger partial charge in [0.15, 0.2) is 17.5 Å². The third-order valence-electron chi connectivity index (χ3n) is 13.8. The van der Waals surface area contributed by atoms with Gasteiger partial charge in [-0.05, 0) is 90.2 Å². The molecule has 374 valence electrons. The molecule has 0 saturated heterocycles. The van der Waals surface area contributed by atoms with E-state index in [1.165, 1.54) is 34.9 Å². The van der Waals surface area contributed by atoms with Gasteiger partial charge in [0.25, 0.3) is 0 Å². The standard InChI is InChI=1S/C62H38F9N5/c1-35-21-25-43(36(2)29-35)39-22-26-47-45-17-9-11-19-50(45)75(52(47)30-39)54-32-41(59-73-57(37-13-5-3-6-14-37)72-58(74-59)38-15-7-4-8-16-38)33-55(56(54)62(69,70)71)76-51-20-12-10-18-46(51)48-27-23-40(31-53(48)76)44-28-24-42(60(63,64)65)34-49(44)61(66,67)68/h3-34H,1-2H3. The lowest BCUT2D eigenvalue weighted by Gasteiger charge is -2.23. The Morgan fingerprint density at radius 3 is 1.26 bits per heavy atom. The minimum Gasteiger partial charge on any atom is -0.309 e. The van der Waals surface area contributed by atoms with Crippen LogP contribution in [-0.4, -0.2) is 24.1 Å². The molecule has 0 fully saturated rings. The highest BCUT2D eigenvalue weighted by molar-refractivity contribution is 6.12. The van der Waals surface area contributed by atoms with Crippen LogP contribution in [0.15, 0.2) is 194 Å². The second-order valence-corrected chi connectivity index (χ2v) is 18.7. The molecule has 5 nitrogen and oxygen atoms in total. The van der Waals surface area contributed by atoms with Crippen LogP contribution in [0.3, 0.4) is 0 Å². The zero-order valence-electron chi connectivity index (χ0n) is 40.1. The summed E-state index contributed by atoms with van der Waals surface area (Å²) in [6.07, 6.45) is -15.5. The Labute approximate surface area is 427 Å². The Morgan fingerprint density at radius 2 is 0.789 bits per heavy atom. The van der Waals surface area contributed by atoms with E-state index in [2.05, 4.69) is 0 Å². The van der Waals surface area contributed by atoms with Crippen LogP contribution >= 0.6 is 0 Å². The van der Waals surface area contributed by atoms with Crippen LogP contribution in [-0.2, 0) is 18.5 Å². The summed E-state index contributed by atoms with van der Waals surface area (Å²) < 4.78 is 140. The van der Waals surface area contributed by atoms with Crippen molar-refractivity contribution in [3.05, 3.63) is 222 Å². The van der Waals surface area contributed by atoms with Crippen LogP contribution in [0.4, 0.5) is 39.5 Å². The van der Waals surface area contributed by atoms with E-state index < -0.39 is 46.5 Å². The number of fused-ring (bicyclic) bond motifs is 6. The molecule has 0 aliphatic heterocycles. The van der Waals surface area contributed by atoms with E-state index in [0.717, 1.165) is 28.3 Å². The van der Waals surface area contributed by atoms with Gasteiger partial charge in [-0.25, -0.2) is 15.0 Å². The quantitative estimate of drug-likeness (QED) is 0.150. The summed E-state index contributed by atoms with van der Waals surface area (Å²) in [5, 5.41) is 2.16. The summed E-state index contributed by atoms with van der Waals surface area (Å²) in [6, 6.07) is 51.8. The fraction of sp³-hybridized carbons (Fsp3) is 0.0806. The first kappa shape index (κ1) is 47.9. The second kappa shape index (κ2) is 17.8. The molecular formula is C62H38F9N5. The van der Waals surface area contributed by atoms with Crippen molar-refractivity contribution in [2.24, 2.45) is 0 Å². The number of hydrogen-bond donors (Lipinski definition) is 0. The molecule has 0 aliphatic rings. The SMILES string of the molecule is Cc1ccc(-c2ccc3c4ccccc4n(-c4cc(-c5nc(-c6ccccc6)nc(-c6ccccc6)n5)cc(-n5c6ccccc6c6ccc(-c7ccc(C(F)(F)F)cc7C(F)(F)F)cc65)c4C(F)(F)F)c3c2)c(C)c1. The van der Waals surface area contributed by atoms with Crippen LogP contribution in [0.2, 0.25) is 0 Å². The molecule has 0 bridgehead atoms. The zero-order chi connectivity index (χ0) is 52.8. The summed E-state index contributed by atoms with van der Waals surface area (Å²) in [5.41, 5.74) is 0.507.